The van der Waals surface area contributed by atoms with Crippen LogP contribution in [0.1, 0.15) is 53.4 Å². The molecule has 1 aliphatic carbocycles. The zero-order valence-electron chi connectivity index (χ0n) is 13.4. The van der Waals surface area contributed by atoms with Gasteiger partial charge in [0.15, 0.2) is 0 Å². The van der Waals surface area contributed by atoms with E-state index in [0.29, 0.717) is 6.04 Å². The van der Waals surface area contributed by atoms with E-state index >= 15 is 0 Å². The largest absolute Gasteiger partial charge is 0.456 e. The zero-order valence-corrected chi connectivity index (χ0v) is 13.4. The van der Waals surface area contributed by atoms with E-state index in [1.807, 2.05) is 26.8 Å². The van der Waals surface area contributed by atoms with Crippen LogP contribution in [0.15, 0.2) is 12.2 Å². The molecule has 0 bridgehead atoms. The second-order valence-corrected chi connectivity index (χ2v) is 7.49. The Bertz CT molecular complexity index is 362. The van der Waals surface area contributed by atoms with Crippen molar-refractivity contribution in [3.63, 3.8) is 0 Å². The van der Waals surface area contributed by atoms with Gasteiger partial charge < -0.3 is 4.74 Å². The van der Waals surface area contributed by atoms with Crippen molar-refractivity contribution < 1.29 is 9.53 Å². The average Bonchev–Trinajstić information content (AvgIpc) is 2.39. The van der Waals surface area contributed by atoms with Gasteiger partial charge in [0.2, 0.25) is 0 Å². The lowest BCUT2D eigenvalue weighted by atomic mass is 9.86. The highest BCUT2D eigenvalue weighted by atomic mass is 16.5. The SMILES string of the molecule is CC1CCC(N2CC=CC(OC(=O)C(C)(C)C)C2)CC1. The molecule has 0 radical (unpaired) electrons. The molecule has 0 amide bonds. The minimum Gasteiger partial charge on any atom is -0.456 e. The van der Waals surface area contributed by atoms with Crippen LogP contribution in [0.4, 0.5) is 0 Å². The standard InChI is InChI=1S/C17H29NO2/c1-13-7-9-14(10-8-13)18-11-5-6-15(12-18)20-16(19)17(2,3)4/h5-6,13-15H,7-12H2,1-4H3. The summed E-state index contributed by atoms with van der Waals surface area (Å²) < 4.78 is 5.63. The molecule has 0 aromatic rings. The fourth-order valence-corrected chi connectivity index (χ4v) is 3.01. The van der Waals surface area contributed by atoms with Crippen molar-refractivity contribution in [3.8, 4) is 0 Å². The molecule has 0 aromatic heterocycles. The molecule has 0 N–H and O–H groups in total. The minimum absolute atomic E-state index is 0.0742. The van der Waals surface area contributed by atoms with E-state index in [1.165, 1.54) is 25.7 Å². The molecule has 1 fully saturated rings. The summed E-state index contributed by atoms with van der Waals surface area (Å²) in [5, 5.41) is 0. The highest BCUT2D eigenvalue weighted by molar-refractivity contribution is 5.75. The van der Waals surface area contributed by atoms with Gasteiger partial charge in [-0.1, -0.05) is 13.0 Å². The number of hydrogen-bond donors (Lipinski definition) is 0. The molecule has 3 heteroatoms. The molecular weight excluding hydrogens is 250 g/mol. The summed E-state index contributed by atoms with van der Waals surface area (Å²) in [5.41, 5.74) is -0.420. The van der Waals surface area contributed by atoms with Gasteiger partial charge in [-0.2, -0.15) is 0 Å². The number of nitrogens with zero attached hydrogens (tertiary/aromatic N) is 1. The summed E-state index contributed by atoms with van der Waals surface area (Å²) in [6, 6.07) is 0.673. The molecule has 114 valence electrons. The first-order chi connectivity index (χ1) is 9.36. The molecule has 0 aromatic carbocycles. The number of ether oxygens (including phenoxy) is 1. The fraction of sp³-hybridized carbons (Fsp3) is 0.824. The molecule has 1 unspecified atom stereocenters. The molecular formula is C17H29NO2. The molecule has 2 rings (SSSR count). The summed E-state index contributed by atoms with van der Waals surface area (Å²) in [4.78, 5) is 14.5. The summed E-state index contributed by atoms with van der Waals surface area (Å²) in [7, 11) is 0. The maximum absolute atomic E-state index is 12.0. The first kappa shape index (κ1) is 15.6. The monoisotopic (exact) mass is 279 g/mol. The van der Waals surface area contributed by atoms with Gasteiger partial charge >= 0.3 is 5.97 Å². The van der Waals surface area contributed by atoms with Crippen LogP contribution < -0.4 is 0 Å². The Hall–Kier alpha value is -0.830. The lowest BCUT2D eigenvalue weighted by molar-refractivity contribution is -0.157. The third-order valence-corrected chi connectivity index (χ3v) is 4.48. The summed E-state index contributed by atoms with van der Waals surface area (Å²) in [5.74, 6) is 0.771. The number of carbonyl (C=O) groups is 1. The Kier molecular flexibility index (Phi) is 4.90. The maximum Gasteiger partial charge on any atom is 0.311 e. The first-order valence-corrected chi connectivity index (χ1v) is 7.98. The third kappa shape index (κ3) is 4.08. The van der Waals surface area contributed by atoms with Crippen molar-refractivity contribution in [2.45, 2.75) is 65.5 Å². The predicted molar refractivity (Wildman–Crippen MR) is 81.5 cm³/mol. The molecule has 2 aliphatic rings. The van der Waals surface area contributed by atoms with E-state index in [2.05, 4.69) is 17.9 Å². The van der Waals surface area contributed by atoms with Crippen LogP contribution in [0.2, 0.25) is 0 Å². The number of esters is 1. The molecule has 1 heterocycles. The van der Waals surface area contributed by atoms with Gasteiger partial charge in [-0.05, 0) is 58.4 Å². The molecule has 20 heavy (non-hydrogen) atoms. The van der Waals surface area contributed by atoms with E-state index in [9.17, 15) is 4.79 Å². The molecule has 0 spiro atoms. The van der Waals surface area contributed by atoms with E-state index in [1.54, 1.807) is 0 Å². The van der Waals surface area contributed by atoms with Crippen molar-refractivity contribution in [2.75, 3.05) is 13.1 Å². The van der Waals surface area contributed by atoms with Gasteiger partial charge in [-0.25, -0.2) is 0 Å². The van der Waals surface area contributed by atoms with Gasteiger partial charge in [0.1, 0.15) is 6.10 Å². The van der Waals surface area contributed by atoms with Crippen LogP contribution in [0, 0.1) is 11.3 Å². The van der Waals surface area contributed by atoms with Crippen LogP contribution in [-0.4, -0.2) is 36.1 Å². The second-order valence-electron chi connectivity index (χ2n) is 7.49. The normalized spacial score (nSPS) is 32.1. The lowest BCUT2D eigenvalue weighted by Crippen LogP contribution is -2.45. The molecule has 1 aliphatic heterocycles. The Morgan fingerprint density at radius 1 is 1.20 bits per heavy atom. The Morgan fingerprint density at radius 3 is 2.45 bits per heavy atom. The molecule has 0 saturated heterocycles. The first-order valence-electron chi connectivity index (χ1n) is 7.98. The predicted octanol–water partition coefficient (Wildman–Crippen LogP) is 3.39. The molecule has 3 nitrogen and oxygen atoms in total. The Morgan fingerprint density at radius 2 is 1.85 bits per heavy atom. The topological polar surface area (TPSA) is 29.5 Å². The lowest BCUT2D eigenvalue weighted by Gasteiger charge is -2.39. The van der Waals surface area contributed by atoms with Crippen LogP contribution in [-0.2, 0) is 9.53 Å². The summed E-state index contributed by atoms with van der Waals surface area (Å²) in [6.45, 7) is 9.92. The van der Waals surface area contributed by atoms with Crippen LogP contribution in [0.25, 0.3) is 0 Å². The number of rotatable bonds is 2. The minimum atomic E-state index is -0.420. The molecule has 1 atom stereocenters. The van der Waals surface area contributed by atoms with Crippen molar-refractivity contribution in [1.29, 1.82) is 0 Å². The third-order valence-electron chi connectivity index (χ3n) is 4.48. The van der Waals surface area contributed by atoms with Gasteiger partial charge in [-0.3, -0.25) is 9.69 Å². The highest BCUT2D eigenvalue weighted by Crippen LogP contribution is 2.28. The smallest absolute Gasteiger partial charge is 0.311 e. The van der Waals surface area contributed by atoms with Gasteiger partial charge in [0.05, 0.1) is 5.41 Å². The van der Waals surface area contributed by atoms with E-state index in [-0.39, 0.29) is 12.1 Å². The Balaban J connectivity index is 1.87. The molecule has 1 saturated carbocycles. The summed E-state index contributed by atoms with van der Waals surface area (Å²) >= 11 is 0. The van der Waals surface area contributed by atoms with Crippen LogP contribution in [0.3, 0.4) is 0 Å². The number of hydrogen-bond acceptors (Lipinski definition) is 3. The van der Waals surface area contributed by atoms with Crippen LogP contribution in [0.5, 0.6) is 0 Å². The van der Waals surface area contributed by atoms with E-state index in [4.69, 9.17) is 4.74 Å². The van der Waals surface area contributed by atoms with E-state index in [0.717, 1.165) is 19.0 Å². The van der Waals surface area contributed by atoms with E-state index < -0.39 is 5.41 Å². The van der Waals surface area contributed by atoms with Gasteiger partial charge in [-0.15, -0.1) is 0 Å². The highest BCUT2D eigenvalue weighted by Gasteiger charge is 2.30. The van der Waals surface area contributed by atoms with Crippen molar-refractivity contribution in [2.24, 2.45) is 11.3 Å². The average molecular weight is 279 g/mol. The van der Waals surface area contributed by atoms with Gasteiger partial charge in [0.25, 0.3) is 0 Å². The van der Waals surface area contributed by atoms with Gasteiger partial charge in [0, 0.05) is 19.1 Å². The maximum atomic E-state index is 12.0. The zero-order chi connectivity index (χ0) is 14.8. The Labute approximate surface area is 123 Å². The summed E-state index contributed by atoms with van der Waals surface area (Å²) in [6.07, 6.45) is 9.36. The quantitative estimate of drug-likeness (QED) is 0.573. The number of carbonyl (C=O) groups excluding carboxylic acids is 1. The second kappa shape index (κ2) is 6.30. The van der Waals surface area contributed by atoms with Crippen molar-refractivity contribution in [3.05, 3.63) is 12.2 Å². The van der Waals surface area contributed by atoms with Crippen molar-refractivity contribution >= 4 is 5.97 Å². The van der Waals surface area contributed by atoms with Crippen LogP contribution >= 0.6 is 0 Å². The fourth-order valence-electron chi connectivity index (χ4n) is 3.01. The van der Waals surface area contributed by atoms with Crippen molar-refractivity contribution in [1.82, 2.24) is 4.90 Å².